The highest BCUT2D eigenvalue weighted by Crippen LogP contribution is 2.21. The highest BCUT2D eigenvalue weighted by molar-refractivity contribution is 5.78. The molecule has 1 atom stereocenters. The van der Waals surface area contributed by atoms with E-state index in [0.29, 0.717) is 0 Å². The molecule has 1 heterocycles. The molecule has 1 fully saturated rings. The van der Waals surface area contributed by atoms with E-state index in [1.54, 1.807) is 0 Å². The predicted molar refractivity (Wildman–Crippen MR) is 103 cm³/mol. The number of carbonyl (C=O) groups excluding carboxylic acids is 1. The van der Waals surface area contributed by atoms with Gasteiger partial charge in [-0.1, -0.05) is 41.5 Å². The van der Waals surface area contributed by atoms with E-state index in [1.807, 2.05) is 0 Å². The molecule has 3 heteroatoms. The summed E-state index contributed by atoms with van der Waals surface area (Å²) in [5, 5.41) is 3.19. The highest BCUT2D eigenvalue weighted by Gasteiger charge is 2.25. The van der Waals surface area contributed by atoms with E-state index in [0.717, 1.165) is 45.4 Å². The van der Waals surface area contributed by atoms with Gasteiger partial charge in [0.05, 0.1) is 5.92 Å². The van der Waals surface area contributed by atoms with Gasteiger partial charge < -0.3 is 5.32 Å². The standard InChI is InChI=1S/C22H32N2O/c1-18-9-11-20(12-10-18)16-24-15-5-8-21(17-24)22(25)23-14-13-19-6-3-2-4-7-19/h6,9-12,21H,2-5,7-8,13-17H2,1H3,(H,23,25)/t21-/m0/s1. The Balaban J connectivity index is 1.43. The van der Waals surface area contributed by atoms with E-state index < -0.39 is 0 Å². The van der Waals surface area contributed by atoms with Crippen LogP contribution in [0, 0.1) is 12.8 Å². The summed E-state index contributed by atoms with van der Waals surface area (Å²) in [6.07, 6.45) is 10.6. The van der Waals surface area contributed by atoms with Crippen LogP contribution in [0.2, 0.25) is 0 Å². The van der Waals surface area contributed by atoms with Gasteiger partial charge in [-0.15, -0.1) is 0 Å². The van der Waals surface area contributed by atoms with Crippen LogP contribution in [0.15, 0.2) is 35.9 Å². The van der Waals surface area contributed by atoms with E-state index in [1.165, 1.54) is 42.4 Å². The number of nitrogens with zero attached hydrogens (tertiary/aromatic N) is 1. The van der Waals surface area contributed by atoms with Crippen LogP contribution >= 0.6 is 0 Å². The lowest BCUT2D eigenvalue weighted by Crippen LogP contribution is -2.42. The SMILES string of the molecule is Cc1ccc(CN2CCC[C@H](C(=O)NCCC3=CCCCC3)C2)cc1. The van der Waals surface area contributed by atoms with Gasteiger partial charge in [0.2, 0.25) is 5.91 Å². The summed E-state index contributed by atoms with van der Waals surface area (Å²) < 4.78 is 0. The number of piperidine rings is 1. The van der Waals surface area contributed by atoms with Crippen LogP contribution in [0.3, 0.4) is 0 Å². The molecule has 1 aliphatic heterocycles. The Bertz CT molecular complexity index is 591. The third-order valence-electron chi connectivity index (χ3n) is 5.53. The summed E-state index contributed by atoms with van der Waals surface area (Å²) in [5.41, 5.74) is 4.18. The molecule has 2 aliphatic rings. The van der Waals surface area contributed by atoms with Crippen molar-refractivity contribution in [3.63, 3.8) is 0 Å². The van der Waals surface area contributed by atoms with Gasteiger partial charge in [0.1, 0.15) is 0 Å². The van der Waals surface area contributed by atoms with Crippen molar-refractivity contribution in [2.75, 3.05) is 19.6 Å². The van der Waals surface area contributed by atoms with E-state index in [4.69, 9.17) is 0 Å². The van der Waals surface area contributed by atoms with Crippen molar-refractivity contribution in [3.05, 3.63) is 47.0 Å². The molecule has 0 radical (unpaired) electrons. The van der Waals surface area contributed by atoms with Crippen molar-refractivity contribution < 1.29 is 4.79 Å². The Morgan fingerprint density at radius 1 is 1.20 bits per heavy atom. The number of hydrogen-bond donors (Lipinski definition) is 1. The molecule has 136 valence electrons. The summed E-state index contributed by atoms with van der Waals surface area (Å²) in [6, 6.07) is 8.75. The molecule has 3 nitrogen and oxygen atoms in total. The molecule has 1 aromatic rings. The minimum atomic E-state index is 0.152. The van der Waals surface area contributed by atoms with Gasteiger partial charge in [-0.3, -0.25) is 9.69 Å². The van der Waals surface area contributed by atoms with Crippen LogP contribution in [-0.2, 0) is 11.3 Å². The lowest BCUT2D eigenvalue weighted by molar-refractivity contribution is -0.126. The van der Waals surface area contributed by atoms with E-state index >= 15 is 0 Å². The summed E-state index contributed by atoms with van der Waals surface area (Å²) in [6.45, 7) is 5.87. The number of likely N-dealkylation sites (tertiary alicyclic amines) is 1. The lowest BCUT2D eigenvalue weighted by Gasteiger charge is -2.32. The van der Waals surface area contributed by atoms with Crippen molar-refractivity contribution >= 4 is 5.91 Å². The first-order valence-electron chi connectivity index (χ1n) is 9.94. The topological polar surface area (TPSA) is 32.3 Å². The highest BCUT2D eigenvalue weighted by atomic mass is 16.1. The van der Waals surface area contributed by atoms with Crippen molar-refractivity contribution in [1.82, 2.24) is 10.2 Å². The molecule has 1 amide bonds. The van der Waals surface area contributed by atoms with Gasteiger partial charge in [0.25, 0.3) is 0 Å². The molecule has 3 rings (SSSR count). The molecule has 0 spiro atoms. The summed E-state index contributed by atoms with van der Waals surface area (Å²) in [7, 11) is 0. The molecule has 0 bridgehead atoms. The molecular formula is C22H32N2O. The van der Waals surface area contributed by atoms with Gasteiger partial charge in [-0.25, -0.2) is 0 Å². The Kier molecular flexibility index (Phi) is 6.69. The van der Waals surface area contributed by atoms with Crippen LogP contribution in [0.5, 0.6) is 0 Å². The Morgan fingerprint density at radius 3 is 2.80 bits per heavy atom. The maximum atomic E-state index is 12.5. The normalized spacial score (nSPS) is 21.6. The van der Waals surface area contributed by atoms with Gasteiger partial charge in [0, 0.05) is 19.6 Å². The zero-order valence-corrected chi connectivity index (χ0v) is 15.6. The Labute approximate surface area is 152 Å². The second-order valence-electron chi connectivity index (χ2n) is 7.71. The fourth-order valence-electron chi connectivity index (χ4n) is 3.99. The minimum Gasteiger partial charge on any atom is -0.356 e. The lowest BCUT2D eigenvalue weighted by atomic mass is 9.95. The van der Waals surface area contributed by atoms with E-state index in [2.05, 4.69) is 47.5 Å². The maximum Gasteiger partial charge on any atom is 0.224 e. The van der Waals surface area contributed by atoms with Crippen molar-refractivity contribution in [2.45, 2.75) is 58.4 Å². The van der Waals surface area contributed by atoms with Crippen molar-refractivity contribution in [2.24, 2.45) is 5.92 Å². The number of allylic oxidation sites excluding steroid dienone is 1. The third-order valence-corrected chi connectivity index (χ3v) is 5.53. The molecular weight excluding hydrogens is 308 g/mol. The number of carbonyl (C=O) groups is 1. The third kappa shape index (κ3) is 5.71. The monoisotopic (exact) mass is 340 g/mol. The van der Waals surface area contributed by atoms with Crippen molar-refractivity contribution in [3.8, 4) is 0 Å². The average Bonchev–Trinajstić information content (AvgIpc) is 2.65. The zero-order valence-electron chi connectivity index (χ0n) is 15.6. The summed E-state index contributed by atoms with van der Waals surface area (Å²) >= 11 is 0. The molecule has 25 heavy (non-hydrogen) atoms. The number of aryl methyl sites for hydroxylation is 1. The second kappa shape index (κ2) is 9.19. The van der Waals surface area contributed by atoms with Crippen LogP contribution in [-0.4, -0.2) is 30.4 Å². The van der Waals surface area contributed by atoms with E-state index in [9.17, 15) is 4.79 Å². The van der Waals surface area contributed by atoms with Crippen LogP contribution in [0.1, 0.15) is 56.1 Å². The van der Waals surface area contributed by atoms with Crippen LogP contribution in [0.4, 0.5) is 0 Å². The van der Waals surface area contributed by atoms with Gasteiger partial charge in [-0.05, 0) is 64.0 Å². The van der Waals surface area contributed by atoms with Crippen molar-refractivity contribution in [1.29, 1.82) is 0 Å². The van der Waals surface area contributed by atoms with Gasteiger partial charge >= 0.3 is 0 Å². The first kappa shape index (κ1) is 18.2. The second-order valence-corrected chi connectivity index (χ2v) is 7.71. The largest absolute Gasteiger partial charge is 0.356 e. The Morgan fingerprint density at radius 2 is 2.04 bits per heavy atom. The van der Waals surface area contributed by atoms with E-state index in [-0.39, 0.29) is 11.8 Å². The van der Waals surface area contributed by atoms with Crippen LogP contribution < -0.4 is 5.32 Å². The van der Waals surface area contributed by atoms with Gasteiger partial charge in [-0.2, -0.15) is 0 Å². The first-order valence-corrected chi connectivity index (χ1v) is 9.94. The molecule has 0 unspecified atom stereocenters. The molecule has 1 saturated heterocycles. The number of amides is 1. The predicted octanol–water partition coefficient (Wildman–Crippen LogP) is 4.21. The molecule has 1 aromatic carbocycles. The minimum absolute atomic E-state index is 0.152. The molecule has 1 N–H and O–H groups in total. The Hall–Kier alpha value is -1.61. The average molecular weight is 341 g/mol. The first-order chi connectivity index (χ1) is 12.2. The number of nitrogens with one attached hydrogen (secondary N) is 1. The maximum absolute atomic E-state index is 12.5. The fourth-order valence-corrected chi connectivity index (χ4v) is 3.99. The summed E-state index contributed by atoms with van der Waals surface area (Å²) in [5.74, 6) is 0.407. The number of rotatable bonds is 6. The summed E-state index contributed by atoms with van der Waals surface area (Å²) in [4.78, 5) is 15.0. The molecule has 1 aliphatic carbocycles. The smallest absolute Gasteiger partial charge is 0.224 e. The fraction of sp³-hybridized carbons (Fsp3) is 0.591. The number of hydrogen-bond acceptors (Lipinski definition) is 2. The molecule has 0 saturated carbocycles. The number of benzene rings is 1. The zero-order chi connectivity index (χ0) is 17.5. The van der Waals surface area contributed by atoms with Gasteiger partial charge in [0.15, 0.2) is 0 Å². The molecule has 0 aromatic heterocycles. The van der Waals surface area contributed by atoms with Crippen LogP contribution in [0.25, 0.3) is 0 Å². The quantitative estimate of drug-likeness (QED) is 0.787.